The molecule has 0 bridgehead atoms. The van der Waals surface area contributed by atoms with E-state index >= 15 is 0 Å². The average Bonchev–Trinajstić information content (AvgIpc) is 2.97. The van der Waals surface area contributed by atoms with E-state index in [1.165, 1.54) is 5.52 Å². The molecular weight excluding hydrogens is 262 g/mol. The summed E-state index contributed by atoms with van der Waals surface area (Å²) in [6.45, 7) is 5.02. The van der Waals surface area contributed by atoms with Gasteiger partial charge in [-0.1, -0.05) is 12.1 Å². The van der Waals surface area contributed by atoms with Crippen molar-refractivity contribution in [1.29, 1.82) is 0 Å². The smallest absolute Gasteiger partial charge is 0.111 e. The van der Waals surface area contributed by atoms with E-state index in [0.29, 0.717) is 6.42 Å². The van der Waals surface area contributed by atoms with Gasteiger partial charge in [0.05, 0.1) is 28.5 Å². The molecule has 0 saturated carbocycles. The number of nitrogens with two attached hydrogens (primary N) is 1. The number of aromatic nitrogens is 4. The average molecular weight is 283 g/mol. The molecule has 0 spiro atoms. The molecule has 0 radical (unpaired) electrons. The first kappa shape index (κ1) is 13.8. The molecule has 0 amide bonds. The molecule has 2 heterocycles. The molecule has 1 unspecified atom stereocenters. The summed E-state index contributed by atoms with van der Waals surface area (Å²) in [4.78, 5) is 4.74. The van der Waals surface area contributed by atoms with E-state index in [2.05, 4.69) is 22.7 Å². The van der Waals surface area contributed by atoms with Crippen molar-refractivity contribution in [2.45, 2.75) is 32.9 Å². The number of benzene rings is 1. The highest BCUT2D eigenvalue weighted by Gasteiger charge is 2.17. The molecule has 1 atom stereocenters. The maximum atomic E-state index is 6.37. The standard InChI is InChI=1S/C16H21N5/c1-4-21-14-8-6-5-7-13(14)18-16(21)10-12(17)15-9-11(2)19-20(15)3/h5-9,12H,4,10,17H2,1-3H3. The first-order chi connectivity index (χ1) is 10.1. The van der Waals surface area contributed by atoms with Crippen molar-refractivity contribution in [3.63, 3.8) is 0 Å². The fourth-order valence-corrected chi connectivity index (χ4v) is 2.91. The van der Waals surface area contributed by atoms with Crippen LogP contribution in [0.5, 0.6) is 0 Å². The quantitative estimate of drug-likeness (QED) is 0.799. The van der Waals surface area contributed by atoms with Crippen LogP contribution in [0.15, 0.2) is 30.3 Å². The van der Waals surface area contributed by atoms with Crippen LogP contribution in [0.3, 0.4) is 0 Å². The van der Waals surface area contributed by atoms with Crippen LogP contribution in [0.1, 0.15) is 30.2 Å². The lowest BCUT2D eigenvalue weighted by molar-refractivity contribution is 0.584. The molecule has 5 heteroatoms. The highest BCUT2D eigenvalue weighted by atomic mass is 15.3. The van der Waals surface area contributed by atoms with Gasteiger partial charge in [-0.15, -0.1) is 0 Å². The summed E-state index contributed by atoms with van der Waals surface area (Å²) in [6.07, 6.45) is 0.710. The molecule has 0 saturated heterocycles. The van der Waals surface area contributed by atoms with Gasteiger partial charge in [0.2, 0.25) is 0 Å². The summed E-state index contributed by atoms with van der Waals surface area (Å²) >= 11 is 0. The molecule has 0 fully saturated rings. The van der Waals surface area contributed by atoms with Crippen LogP contribution >= 0.6 is 0 Å². The Morgan fingerprint density at radius 3 is 2.71 bits per heavy atom. The minimum atomic E-state index is -0.0988. The topological polar surface area (TPSA) is 61.7 Å². The molecule has 3 rings (SSSR count). The van der Waals surface area contributed by atoms with Crippen LogP contribution in [-0.4, -0.2) is 19.3 Å². The molecule has 0 aliphatic rings. The molecule has 3 aromatic rings. The Morgan fingerprint density at radius 2 is 2.05 bits per heavy atom. The minimum absolute atomic E-state index is 0.0988. The molecule has 0 aliphatic heterocycles. The normalized spacial score (nSPS) is 13.0. The predicted molar refractivity (Wildman–Crippen MR) is 84.0 cm³/mol. The van der Waals surface area contributed by atoms with E-state index in [4.69, 9.17) is 10.7 Å². The number of para-hydroxylation sites is 2. The van der Waals surface area contributed by atoms with E-state index in [9.17, 15) is 0 Å². The lowest BCUT2D eigenvalue weighted by atomic mass is 10.1. The van der Waals surface area contributed by atoms with Gasteiger partial charge in [0.15, 0.2) is 0 Å². The van der Waals surface area contributed by atoms with Crippen molar-refractivity contribution in [3.05, 3.63) is 47.5 Å². The largest absolute Gasteiger partial charge is 0.328 e. The van der Waals surface area contributed by atoms with Crippen molar-refractivity contribution in [2.24, 2.45) is 12.8 Å². The SMILES string of the molecule is CCn1c(CC(N)c2cc(C)nn2C)nc2ccccc21. The first-order valence-electron chi connectivity index (χ1n) is 7.30. The number of hydrogen-bond donors (Lipinski definition) is 1. The molecule has 2 aromatic heterocycles. The van der Waals surface area contributed by atoms with E-state index in [1.807, 2.05) is 42.9 Å². The Labute approximate surface area is 124 Å². The van der Waals surface area contributed by atoms with Gasteiger partial charge in [0.1, 0.15) is 5.82 Å². The molecular formula is C16H21N5. The molecule has 0 aliphatic carbocycles. The second-order valence-corrected chi connectivity index (χ2v) is 5.41. The van der Waals surface area contributed by atoms with Crippen LogP contribution in [0.2, 0.25) is 0 Å². The van der Waals surface area contributed by atoms with Crippen LogP contribution < -0.4 is 5.73 Å². The Bertz CT molecular complexity index is 768. The zero-order valence-electron chi connectivity index (χ0n) is 12.7. The second-order valence-electron chi connectivity index (χ2n) is 5.41. The highest BCUT2D eigenvalue weighted by molar-refractivity contribution is 5.75. The first-order valence-corrected chi connectivity index (χ1v) is 7.30. The Balaban J connectivity index is 1.96. The zero-order chi connectivity index (χ0) is 15.0. The third-order valence-corrected chi connectivity index (χ3v) is 3.87. The Hall–Kier alpha value is -2.14. The summed E-state index contributed by atoms with van der Waals surface area (Å²) < 4.78 is 4.09. The van der Waals surface area contributed by atoms with E-state index in [1.54, 1.807) is 0 Å². The molecule has 1 aromatic carbocycles. The van der Waals surface area contributed by atoms with Crippen molar-refractivity contribution >= 4 is 11.0 Å². The lowest BCUT2D eigenvalue weighted by Gasteiger charge is -2.13. The fourth-order valence-electron chi connectivity index (χ4n) is 2.91. The summed E-state index contributed by atoms with van der Waals surface area (Å²) in [5.41, 5.74) is 10.6. The Kier molecular flexibility index (Phi) is 3.51. The van der Waals surface area contributed by atoms with Crippen LogP contribution in [-0.2, 0) is 20.0 Å². The number of imidazole rings is 1. The second kappa shape index (κ2) is 5.33. The number of rotatable bonds is 4. The number of aryl methyl sites for hydroxylation is 3. The van der Waals surface area contributed by atoms with E-state index in [0.717, 1.165) is 29.3 Å². The maximum Gasteiger partial charge on any atom is 0.111 e. The zero-order valence-corrected chi connectivity index (χ0v) is 12.7. The molecule has 2 N–H and O–H groups in total. The maximum absolute atomic E-state index is 6.37. The van der Waals surface area contributed by atoms with Gasteiger partial charge < -0.3 is 10.3 Å². The van der Waals surface area contributed by atoms with Gasteiger partial charge in [-0.05, 0) is 32.0 Å². The van der Waals surface area contributed by atoms with Crippen molar-refractivity contribution < 1.29 is 0 Å². The van der Waals surface area contributed by atoms with E-state index < -0.39 is 0 Å². The van der Waals surface area contributed by atoms with Crippen molar-refractivity contribution in [3.8, 4) is 0 Å². The van der Waals surface area contributed by atoms with Crippen molar-refractivity contribution in [2.75, 3.05) is 0 Å². The minimum Gasteiger partial charge on any atom is -0.328 e. The molecule has 21 heavy (non-hydrogen) atoms. The van der Waals surface area contributed by atoms with Gasteiger partial charge in [0.25, 0.3) is 0 Å². The molecule has 110 valence electrons. The van der Waals surface area contributed by atoms with Crippen molar-refractivity contribution in [1.82, 2.24) is 19.3 Å². The van der Waals surface area contributed by atoms with Gasteiger partial charge in [0, 0.05) is 20.0 Å². The molecule has 5 nitrogen and oxygen atoms in total. The van der Waals surface area contributed by atoms with Crippen LogP contribution in [0.4, 0.5) is 0 Å². The fraction of sp³-hybridized carbons (Fsp3) is 0.375. The van der Waals surface area contributed by atoms with Gasteiger partial charge in [-0.2, -0.15) is 5.10 Å². The number of nitrogens with zero attached hydrogens (tertiary/aromatic N) is 4. The Morgan fingerprint density at radius 1 is 1.29 bits per heavy atom. The van der Waals surface area contributed by atoms with Gasteiger partial charge in [-0.3, -0.25) is 4.68 Å². The summed E-state index contributed by atoms with van der Waals surface area (Å²) in [6, 6.07) is 10.2. The predicted octanol–water partition coefficient (Wildman–Crippen LogP) is 2.34. The third kappa shape index (κ3) is 2.45. The highest BCUT2D eigenvalue weighted by Crippen LogP contribution is 2.21. The van der Waals surface area contributed by atoms with Gasteiger partial charge in [-0.25, -0.2) is 4.98 Å². The van der Waals surface area contributed by atoms with E-state index in [-0.39, 0.29) is 6.04 Å². The van der Waals surface area contributed by atoms with Crippen LogP contribution in [0.25, 0.3) is 11.0 Å². The van der Waals surface area contributed by atoms with Gasteiger partial charge >= 0.3 is 0 Å². The summed E-state index contributed by atoms with van der Waals surface area (Å²) in [5, 5.41) is 4.37. The summed E-state index contributed by atoms with van der Waals surface area (Å²) in [5.74, 6) is 1.03. The lowest BCUT2D eigenvalue weighted by Crippen LogP contribution is -2.19. The number of hydrogen-bond acceptors (Lipinski definition) is 3. The summed E-state index contributed by atoms with van der Waals surface area (Å²) in [7, 11) is 1.94. The monoisotopic (exact) mass is 283 g/mol. The third-order valence-electron chi connectivity index (χ3n) is 3.87. The number of fused-ring (bicyclic) bond motifs is 1. The van der Waals surface area contributed by atoms with Crippen LogP contribution in [0, 0.1) is 6.92 Å².